The number of hydrogen-bond acceptors (Lipinski definition) is 4. The van der Waals surface area contributed by atoms with Crippen LogP contribution in [0.3, 0.4) is 0 Å². The highest BCUT2D eigenvalue weighted by Gasteiger charge is 2.30. The van der Waals surface area contributed by atoms with Crippen molar-refractivity contribution in [2.45, 2.75) is 18.8 Å². The van der Waals surface area contributed by atoms with Gasteiger partial charge < -0.3 is 4.90 Å². The first-order chi connectivity index (χ1) is 16.1. The first-order valence-corrected chi connectivity index (χ1v) is 11.2. The number of amides is 1. The second-order valence-corrected chi connectivity index (χ2v) is 8.49. The first kappa shape index (κ1) is 21.3. The Morgan fingerprint density at radius 1 is 1.09 bits per heavy atom. The second kappa shape index (κ2) is 9.16. The number of carbonyl (C=O) groups excluding carboxylic acids is 1. The molecule has 5 nitrogen and oxygen atoms in total. The van der Waals surface area contributed by atoms with E-state index in [9.17, 15) is 9.18 Å². The summed E-state index contributed by atoms with van der Waals surface area (Å²) in [5, 5.41) is 6.43. The van der Waals surface area contributed by atoms with Crippen LogP contribution in [0, 0.1) is 5.82 Å². The van der Waals surface area contributed by atoms with E-state index in [4.69, 9.17) is 11.6 Å². The molecule has 0 spiro atoms. The van der Waals surface area contributed by atoms with Gasteiger partial charge in [-0.2, -0.15) is 5.10 Å². The number of allylic oxidation sites excluding steroid dienone is 1. The van der Waals surface area contributed by atoms with E-state index in [0.29, 0.717) is 31.1 Å². The Hall–Kier alpha value is -3.51. The summed E-state index contributed by atoms with van der Waals surface area (Å²) in [7, 11) is 0. The van der Waals surface area contributed by atoms with Gasteiger partial charge in [-0.3, -0.25) is 4.79 Å². The summed E-state index contributed by atoms with van der Waals surface area (Å²) in [5.74, 6) is 0.539. The molecule has 1 fully saturated rings. The van der Waals surface area contributed by atoms with Crippen molar-refractivity contribution in [1.82, 2.24) is 9.99 Å². The Labute approximate surface area is 196 Å². The molecule has 2 aliphatic heterocycles. The average Bonchev–Trinajstić information content (AvgIpc) is 3.20. The highest BCUT2D eigenvalue weighted by Crippen LogP contribution is 2.37. The number of hydrogen-bond donors (Lipinski definition) is 0. The second-order valence-electron chi connectivity index (χ2n) is 8.11. The van der Waals surface area contributed by atoms with Crippen molar-refractivity contribution >= 4 is 40.8 Å². The highest BCUT2D eigenvalue weighted by atomic mass is 35.5. The molecule has 5 rings (SSSR count). The van der Waals surface area contributed by atoms with E-state index >= 15 is 0 Å². The molecule has 3 heterocycles. The molecule has 33 heavy (non-hydrogen) atoms. The molecule has 1 saturated heterocycles. The number of benzene rings is 2. The molecule has 1 aromatic heterocycles. The maximum absolute atomic E-state index is 13.2. The average molecular weight is 461 g/mol. The van der Waals surface area contributed by atoms with Crippen molar-refractivity contribution < 1.29 is 9.18 Å². The molecular formula is C26H22ClFN4O. The standard InChI is InChI=1S/C26H22ClFN4O/c27-24-6-3-7-25(30-24)31-15-13-19(22-4-1-2-5-23(22)31)12-14-29-32-17-20(16-26(32)33)18-8-10-21(28)11-9-18/h1-11,13-14,20H,12,15-17H2. The zero-order valence-corrected chi connectivity index (χ0v) is 18.6. The largest absolute Gasteiger partial charge is 0.322 e. The minimum Gasteiger partial charge on any atom is -0.322 e. The number of pyridine rings is 1. The van der Waals surface area contributed by atoms with E-state index in [1.54, 1.807) is 24.4 Å². The van der Waals surface area contributed by atoms with E-state index in [1.807, 2.05) is 24.3 Å². The van der Waals surface area contributed by atoms with Gasteiger partial charge in [-0.05, 0) is 41.5 Å². The number of halogens is 2. The summed E-state index contributed by atoms with van der Waals surface area (Å²) in [6.07, 6.45) is 4.94. The Morgan fingerprint density at radius 2 is 1.91 bits per heavy atom. The monoisotopic (exact) mass is 460 g/mol. The molecule has 1 unspecified atom stereocenters. The van der Waals surface area contributed by atoms with Crippen molar-refractivity contribution in [1.29, 1.82) is 0 Å². The van der Waals surface area contributed by atoms with Crippen molar-refractivity contribution in [3.05, 3.63) is 94.9 Å². The molecule has 1 atom stereocenters. The molecule has 0 aliphatic carbocycles. The van der Waals surface area contributed by atoms with E-state index < -0.39 is 0 Å². The van der Waals surface area contributed by atoms with Gasteiger partial charge in [-0.1, -0.05) is 54.1 Å². The van der Waals surface area contributed by atoms with Crippen LogP contribution < -0.4 is 4.90 Å². The molecule has 0 saturated carbocycles. The molecule has 0 bridgehead atoms. The van der Waals surface area contributed by atoms with Crippen molar-refractivity contribution in [3.8, 4) is 0 Å². The van der Waals surface area contributed by atoms with Crippen LogP contribution in [0.15, 0.2) is 77.9 Å². The third-order valence-corrected chi connectivity index (χ3v) is 6.22. The normalized spacial score (nSPS) is 18.1. The predicted octanol–water partition coefficient (Wildman–Crippen LogP) is 5.80. The lowest BCUT2D eigenvalue weighted by atomic mass is 9.97. The van der Waals surface area contributed by atoms with Gasteiger partial charge in [-0.15, -0.1) is 0 Å². The van der Waals surface area contributed by atoms with Gasteiger partial charge in [0, 0.05) is 37.1 Å². The summed E-state index contributed by atoms with van der Waals surface area (Å²) in [5.41, 5.74) is 4.27. The summed E-state index contributed by atoms with van der Waals surface area (Å²) in [4.78, 5) is 19.0. The van der Waals surface area contributed by atoms with Crippen LogP contribution in [0.1, 0.15) is 29.9 Å². The fourth-order valence-electron chi connectivity index (χ4n) is 4.35. The number of nitrogens with zero attached hydrogens (tertiary/aromatic N) is 4. The van der Waals surface area contributed by atoms with Crippen LogP contribution >= 0.6 is 11.6 Å². The van der Waals surface area contributed by atoms with Crippen LogP contribution in [-0.4, -0.2) is 35.2 Å². The lowest BCUT2D eigenvalue weighted by molar-refractivity contribution is -0.127. The minimum absolute atomic E-state index is 0.0168. The number of fused-ring (bicyclic) bond motifs is 1. The van der Waals surface area contributed by atoms with Gasteiger partial charge in [0.1, 0.15) is 16.8 Å². The molecule has 0 N–H and O–H groups in total. The van der Waals surface area contributed by atoms with E-state index in [-0.39, 0.29) is 17.6 Å². The third kappa shape index (κ3) is 4.52. The Kier molecular flexibility index (Phi) is 5.92. The molecule has 166 valence electrons. The van der Waals surface area contributed by atoms with Crippen molar-refractivity contribution in [2.75, 3.05) is 18.0 Å². The number of anilines is 2. The van der Waals surface area contributed by atoms with E-state index in [1.165, 1.54) is 17.1 Å². The maximum Gasteiger partial charge on any atom is 0.243 e. The number of carbonyl (C=O) groups is 1. The van der Waals surface area contributed by atoms with Crippen molar-refractivity contribution in [3.63, 3.8) is 0 Å². The van der Waals surface area contributed by atoms with Crippen LogP contribution in [-0.2, 0) is 4.79 Å². The van der Waals surface area contributed by atoms with Crippen LogP contribution in [0.4, 0.5) is 15.9 Å². The highest BCUT2D eigenvalue weighted by molar-refractivity contribution is 6.29. The Bertz CT molecular complexity index is 1240. The summed E-state index contributed by atoms with van der Waals surface area (Å²) >= 11 is 6.10. The summed E-state index contributed by atoms with van der Waals surface area (Å²) in [6, 6.07) is 20.1. The van der Waals surface area contributed by atoms with Gasteiger partial charge >= 0.3 is 0 Å². The summed E-state index contributed by atoms with van der Waals surface area (Å²) < 4.78 is 13.2. The van der Waals surface area contributed by atoms with Gasteiger partial charge in [0.05, 0.1) is 12.2 Å². The quantitative estimate of drug-likeness (QED) is 0.357. The topological polar surface area (TPSA) is 48.8 Å². The third-order valence-electron chi connectivity index (χ3n) is 6.01. The zero-order chi connectivity index (χ0) is 22.8. The van der Waals surface area contributed by atoms with Gasteiger partial charge in [-0.25, -0.2) is 14.4 Å². The molecule has 2 aromatic carbocycles. The molecule has 3 aromatic rings. The number of hydrazone groups is 1. The molecule has 7 heteroatoms. The fraction of sp³-hybridized carbons (Fsp3) is 0.192. The maximum atomic E-state index is 13.2. The van der Waals surface area contributed by atoms with Gasteiger partial charge in [0.25, 0.3) is 0 Å². The molecular weight excluding hydrogens is 439 g/mol. The lowest BCUT2D eigenvalue weighted by Gasteiger charge is -2.30. The van der Waals surface area contributed by atoms with Crippen molar-refractivity contribution in [2.24, 2.45) is 5.10 Å². The van der Waals surface area contributed by atoms with Crippen LogP contribution in [0.25, 0.3) is 5.57 Å². The predicted molar refractivity (Wildman–Crippen MR) is 129 cm³/mol. The zero-order valence-electron chi connectivity index (χ0n) is 17.9. The Balaban J connectivity index is 1.29. The van der Waals surface area contributed by atoms with Crippen LogP contribution in [0.2, 0.25) is 5.15 Å². The van der Waals surface area contributed by atoms with E-state index in [0.717, 1.165) is 28.2 Å². The van der Waals surface area contributed by atoms with Crippen LogP contribution in [0.5, 0.6) is 0 Å². The molecule has 2 aliphatic rings. The number of aromatic nitrogens is 1. The fourth-order valence-corrected chi connectivity index (χ4v) is 4.51. The summed E-state index contributed by atoms with van der Waals surface area (Å²) in [6.45, 7) is 1.17. The SMILES string of the molecule is O=C1CC(c2ccc(F)cc2)CN1N=CCC1=CCN(c2cccc(Cl)n2)c2ccccc21. The number of rotatable bonds is 5. The smallest absolute Gasteiger partial charge is 0.243 e. The lowest BCUT2D eigenvalue weighted by Crippen LogP contribution is -2.23. The van der Waals surface area contributed by atoms with E-state index in [2.05, 4.69) is 33.2 Å². The Morgan fingerprint density at radius 3 is 2.73 bits per heavy atom. The first-order valence-electron chi connectivity index (χ1n) is 10.9. The van der Waals surface area contributed by atoms with Gasteiger partial charge in [0.15, 0.2) is 0 Å². The van der Waals surface area contributed by atoms with Gasteiger partial charge in [0.2, 0.25) is 5.91 Å². The molecule has 1 amide bonds. The minimum atomic E-state index is -0.274. The number of para-hydroxylation sites is 1. The molecule has 0 radical (unpaired) electrons.